The zero-order chi connectivity index (χ0) is 29.3. The molecule has 8 nitrogen and oxygen atoms in total. The van der Waals surface area contributed by atoms with Crippen molar-refractivity contribution in [3.63, 3.8) is 0 Å². The van der Waals surface area contributed by atoms with Gasteiger partial charge in [0, 0.05) is 36.6 Å². The number of benzene rings is 3. The number of hydrogen-bond acceptors (Lipinski definition) is 7. The summed E-state index contributed by atoms with van der Waals surface area (Å²) in [5.41, 5.74) is 1.90. The van der Waals surface area contributed by atoms with Crippen LogP contribution in [0.4, 0.5) is 0 Å². The van der Waals surface area contributed by atoms with E-state index in [1.54, 1.807) is 0 Å². The highest BCUT2D eigenvalue weighted by atomic mass is 35.5. The molecular weight excluding hydrogens is 560 g/mol. The predicted octanol–water partition coefficient (Wildman–Crippen LogP) is 3.13. The summed E-state index contributed by atoms with van der Waals surface area (Å²) in [4.78, 5) is 2.40. The largest absolute Gasteiger partial charge is 0.385 e. The molecule has 0 amide bonds. The first-order valence-electron chi connectivity index (χ1n) is 14.1. The van der Waals surface area contributed by atoms with E-state index in [0.29, 0.717) is 24.4 Å². The van der Waals surface area contributed by atoms with Gasteiger partial charge >= 0.3 is 0 Å². The Morgan fingerprint density at radius 3 is 2.02 bits per heavy atom. The number of aliphatic hydroxyl groups is 2. The number of nitrogens with zero attached hydrogens (tertiary/aromatic N) is 1. The molecule has 0 aliphatic carbocycles. The SMILES string of the molecule is NS(=O)(=O)CCNC(O)NCC(CCCN1CCC(O)(c2ccc(Cl)cc2)CC1)(c1ccccc1)c1ccccc1. The third-order valence-electron chi connectivity index (χ3n) is 8.12. The first-order valence-corrected chi connectivity index (χ1v) is 16.2. The van der Waals surface area contributed by atoms with Crippen LogP contribution in [0.5, 0.6) is 0 Å². The number of sulfonamides is 1. The van der Waals surface area contributed by atoms with Crippen LogP contribution in [-0.2, 0) is 21.0 Å². The first-order chi connectivity index (χ1) is 19.6. The summed E-state index contributed by atoms with van der Waals surface area (Å²) in [5, 5.41) is 33.6. The van der Waals surface area contributed by atoms with Crippen molar-refractivity contribution in [1.82, 2.24) is 15.5 Å². The number of nitrogens with two attached hydrogens (primary N) is 1. The van der Waals surface area contributed by atoms with Gasteiger partial charge in [-0.3, -0.25) is 10.6 Å². The quantitative estimate of drug-likeness (QED) is 0.180. The molecular formula is C31H41ClN4O4S. The van der Waals surface area contributed by atoms with Gasteiger partial charge in [0.25, 0.3) is 0 Å². The van der Waals surface area contributed by atoms with Crippen molar-refractivity contribution < 1.29 is 18.6 Å². The van der Waals surface area contributed by atoms with Gasteiger partial charge in [-0.2, -0.15) is 0 Å². The van der Waals surface area contributed by atoms with Gasteiger partial charge in [-0.25, -0.2) is 13.6 Å². The van der Waals surface area contributed by atoms with E-state index < -0.39 is 27.4 Å². The second-order valence-corrected chi connectivity index (χ2v) is 13.1. The van der Waals surface area contributed by atoms with Crippen molar-refractivity contribution in [3.05, 3.63) is 107 Å². The Hall–Kier alpha value is -2.34. The summed E-state index contributed by atoms with van der Waals surface area (Å²) in [6, 6.07) is 28.0. The molecule has 1 unspecified atom stereocenters. The number of likely N-dealkylation sites (tertiary alicyclic amines) is 1. The fourth-order valence-electron chi connectivity index (χ4n) is 5.74. The molecule has 10 heteroatoms. The second kappa shape index (κ2) is 14.2. The van der Waals surface area contributed by atoms with Crippen molar-refractivity contribution in [2.45, 2.75) is 43.1 Å². The van der Waals surface area contributed by atoms with Gasteiger partial charge < -0.3 is 15.1 Å². The van der Waals surface area contributed by atoms with E-state index in [1.807, 2.05) is 60.7 Å². The smallest absolute Gasteiger partial charge is 0.210 e. The van der Waals surface area contributed by atoms with E-state index in [4.69, 9.17) is 16.7 Å². The van der Waals surface area contributed by atoms with Crippen LogP contribution in [-0.4, -0.2) is 68.4 Å². The van der Waals surface area contributed by atoms with Gasteiger partial charge in [0.05, 0.1) is 11.4 Å². The first kappa shape index (κ1) is 31.6. The Morgan fingerprint density at radius 2 is 1.49 bits per heavy atom. The van der Waals surface area contributed by atoms with Crippen LogP contribution >= 0.6 is 11.6 Å². The fourth-order valence-corrected chi connectivity index (χ4v) is 6.27. The number of aliphatic hydroxyl groups excluding tert-OH is 1. The minimum atomic E-state index is -3.62. The zero-order valence-electron chi connectivity index (χ0n) is 23.3. The average molecular weight is 601 g/mol. The Labute approximate surface area is 248 Å². The lowest BCUT2D eigenvalue weighted by Crippen LogP contribution is -2.50. The van der Waals surface area contributed by atoms with Gasteiger partial charge in [-0.05, 0) is 61.1 Å². The van der Waals surface area contributed by atoms with Crippen molar-refractivity contribution in [1.29, 1.82) is 0 Å². The van der Waals surface area contributed by atoms with Crippen LogP contribution in [0.15, 0.2) is 84.9 Å². The van der Waals surface area contributed by atoms with E-state index in [0.717, 1.165) is 49.2 Å². The van der Waals surface area contributed by atoms with E-state index in [2.05, 4.69) is 39.8 Å². The van der Waals surface area contributed by atoms with Crippen LogP contribution in [0.25, 0.3) is 0 Å². The number of piperidine rings is 1. The minimum Gasteiger partial charge on any atom is -0.385 e. The molecule has 222 valence electrons. The third-order valence-corrected chi connectivity index (χ3v) is 9.14. The van der Waals surface area contributed by atoms with Gasteiger partial charge in [-0.1, -0.05) is 84.4 Å². The highest BCUT2D eigenvalue weighted by molar-refractivity contribution is 7.89. The highest BCUT2D eigenvalue weighted by Gasteiger charge is 2.36. The monoisotopic (exact) mass is 600 g/mol. The number of rotatable bonds is 14. The van der Waals surface area contributed by atoms with Crippen LogP contribution in [0.3, 0.4) is 0 Å². The molecule has 0 saturated carbocycles. The Morgan fingerprint density at radius 1 is 0.927 bits per heavy atom. The van der Waals surface area contributed by atoms with E-state index in [9.17, 15) is 18.6 Å². The zero-order valence-corrected chi connectivity index (χ0v) is 24.8. The van der Waals surface area contributed by atoms with E-state index >= 15 is 0 Å². The molecule has 6 N–H and O–H groups in total. The molecule has 41 heavy (non-hydrogen) atoms. The molecule has 0 spiro atoms. The van der Waals surface area contributed by atoms with E-state index in [1.165, 1.54) is 0 Å². The minimum absolute atomic E-state index is 0.0357. The van der Waals surface area contributed by atoms with E-state index in [-0.39, 0.29) is 12.3 Å². The van der Waals surface area contributed by atoms with Crippen molar-refractivity contribution in [2.24, 2.45) is 5.14 Å². The topological polar surface area (TPSA) is 128 Å². The lowest BCUT2D eigenvalue weighted by molar-refractivity contribution is -0.0263. The average Bonchev–Trinajstić information content (AvgIpc) is 2.96. The summed E-state index contributed by atoms with van der Waals surface area (Å²) in [6.07, 6.45) is 1.94. The molecule has 1 heterocycles. The molecule has 1 aliphatic rings. The summed E-state index contributed by atoms with van der Waals surface area (Å²) in [5.74, 6) is -0.267. The molecule has 3 aromatic rings. The van der Waals surface area contributed by atoms with Crippen molar-refractivity contribution in [2.75, 3.05) is 38.5 Å². The maximum atomic E-state index is 11.3. The molecule has 1 saturated heterocycles. The molecule has 0 aromatic heterocycles. The molecule has 0 bridgehead atoms. The third kappa shape index (κ3) is 8.83. The standard InChI is InChI=1S/C31H41ClN4O4S/c32-28-14-12-27(13-15-28)31(38)17-21-36(22-18-31)20-7-16-30(25-8-3-1-4-9-25,26-10-5-2-6-11-26)24-35-29(37)34-19-23-41(33,39)40/h1-6,8-15,29,34-35,37-38H,7,16-24H2,(H2,33,39,40). The number of primary sulfonamides is 1. The molecule has 3 aromatic carbocycles. The lowest BCUT2D eigenvalue weighted by atomic mass is 9.71. The number of nitrogens with one attached hydrogen (secondary N) is 2. The van der Waals surface area contributed by atoms with Gasteiger partial charge in [-0.15, -0.1) is 0 Å². The summed E-state index contributed by atoms with van der Waals surface area (Å²) >= 11 is 6.04. The Balaban J connectivity index is 1.44. The molecule has 4 rings (SSSR count). The van der Waals surface area contributed by atoms with Gasteiger partial charge in [0.15, 0.2) is 6.35 Å². The van der Waals surface area contributed by atoms with Crippen molar-refractivity contribution >= 4 is 21.6 Å². The summed E-state index contributed by atoms with van der Waals surface area (Å²) in [6.45, 7) is 2.95. The molecule has 1 fully saturated rings. The van der Waals surface area contributed by atoms with Crippen LogP contribution in [0.2, 0.25) is 5.02 Å². The molecule has 1 atom stereocenters. The molecule has 1 aliphatic heterocycles. The highest BCUT2D eigenvalue weighted by Crippen LogP contribution is 2.38. The van der Waals surface area contributed by atoms with Crippen LogP contribution < -0.4 is 15.8 Å². The summed E-state index contributed by atoms with van der Waals surface area (Å²) in [7, 11) is -3.62. The van der Waals surface area contributed by atoms with Gasteiger partial charge in [0.2, 0.25) is 10.0 Å². The second-order valence-electron chi connectivity index (χ2n) is 10.9. The summed E-state index contributed by atoms with van der Waals surface area (Å²) < 4.78 is 22.6. The maximum Gasteiger partial charge on any atom is 0.210 e. The predicted molar refractivity (Wildman–Crippen MR) is 164 cm³/mol. The van der Waals surface area contributed by atoms with Crippen molar-refractivity contribution in [3.8, 4) is 0 Å². The normalized spacial score (nSPS) is 16.9. The van der Waals surface area contributed by atoms with Gasteiger partial charge in [0.1, 0.15) is 0 Å². The number of halogens is 1. The maximum absolute atomic E-state index is 11.3. The van der Waals surface area contributed by atoms with Crippen LogP contribution in [0, 0.1) is 0 Å². The van der Waals surface area contributed by atoms with Crippen LogP contribution in [0.1, 0.15) is 42.4 Å². The number of hydrogen-bond donors (Lipinski definition) is 5. The molecule has 0 radical (unpaired) electrons. The lowest BCUT2D eigenvalue weighted by Gasteiger charge is -2.40. The Kier molecular flexibility index (Phi) is 11.0. The fraction of sp³-hybridized carbons (Fsp3) is 0.419. The Bertz CT molecular complexity index is 1280.